The van der Waals surface area contributed by atoms with E-state index in [2.05, 4.69) is 153 Å². The van der Waals surface area contributed by atoms with Crippen LogP contribution in [0.3, 0.4) is 0 Å². The maximum Gasteiger partial charge on any atom is 0.160 e. The van der Waals surface area contributed by atoms with Crippen LogP contribution in [0.1, 0.15) is 25.0 Å². The highest BCUT2D eigenvalue weighted by Crippen LogP contribution is 2.51. The lowest BCUT2D eigenvalue weighted by Gasteiger charge is -2.22. The molecule has 0 saturated carbocycles. The van der Waals surface area contributed by atoms with Crippen LogP contribution in [-0.2, 0) is 5.41 Å². The van der Waals surface area contributed by atoms with Crippen molar-refractivity contribution in [2.24, 2.45) is 0 Å². The van der Waals surface area contributed by atoms with Gasteiger partial charge in [-0.25, -0.2) is 9.97 Å². The minimum Gasteiger partial charge on any atom is -0.456 e. The van der Waals surface area contributed by atoms with Gasteiger partial charge >= 0.3 is 0 Å². The highest BCUT2D eigenvalue weighted by atomic mass is 16.3. The number of para-hydroxylation sites is 1. The highest BCUT2D eigenvalue weighted by molar-refractivity contribution is 6.07. The van der Waals surface area contributed by atoms with Crippen molar-refractivity contribution < 1.29 is 4.42 Å². The van der Waals surface area contributed by atoms with Crippen molar-refractivity contribution in [2.75, 3.05) is 0 Å². The monoisotopic (exact) mass is 690 g/mol. The predicted octanol–water partition coefficient (Wildman–Crippen LogP) is 13.7. The van der Waals surface area contributed by atoms with E-state index in [1.165, 1.54) is 49.5 Å². The fraction of sp³-hybridized carbons (Fsp3) is 0.0588. The average molecular weight is 691 g/mol. The molecule has 0 aliphatic heterocycles. The summed E-state index contributed by atoms with van der Waals surface area (Å²) in [7, 11) is 0. The molecule has 3 nitrogen and oxygen atoms in total. The topological polar surface area (TPSA) is 38.9 Å². The van der Waals surface area contributed by atoms with E-state index in [9.17, 15) is 0 Å². The Bertz CT molecular complexity index is 3130. The van der Waals surface area contributed by atoms with Gasteiger partial charge in [-0.05, 0) is 103 Å². The van der Waals surface area contributed by atoms with Crippen LogP contribution in [0.25, 0.3) is 99.6 Å². The third-order valence-electron chi connectivity index (χ3n) is 11.5. The Morgan fingerprint density at radius 2 is 1.00 bits per heavy atom. The molecule has 0 bridgehead atoms. The Labute approximate surface area is 313 Å². The van der Waals surface area contributed by atoms with E-state index in [0.717, 1.165) is 55.4 Å². The Balaban J connectivity index is 1.07. The molecule has 11 rings (SSSR count). The predicted molar refractivity (Wildman–Crippen MR) is 224 cm³/mol. The second-order valence-corrected chi connectivity index (χ2v) is 15.0. The van der Waals surface area contributed by atoms with Crippen LogP contribution in [0.5, 0.6) is 0 Å². The van der Waals surface area contributed by atoms with Crippen molar-refractivity contribution in [3.8, 4) is 56.2 Å². The number of furan rings is 1. The summed E-state index contributed by atoms with van der Waals surface area (Å²) in [6.07, 6.45) is 0. The van der Waals surface area contributed by atoms with E-state index >= 15 is 0 Å². The van der Waals surface area contributed by atoms with Crippen LogP contribution in [0.2, 0.25) is 0 Å². The molecule has 2 heterocycles. The van der Waals surface area contributed by atoms with Crippen molar-refractivity contribution in [2.45, 2.75) is 19.3 Å². The first kappa shape index (κ1) is 30.8. The molecule has 54 heavy (non-hydrogen) atoms. The molecule has 1 aliphatic rings. The first-order valence-electron chi connectivity index (χ1n) is 18.6. The van der Waals surface area contributed by atoms with Gasteiger partial charge in [0.25, 0.3) is 0 Å². The van der Waals surface area contributed by atoms with Crippen molar-refractivity contribution in [3.05, 3.63) is 181 Å². The van der Waals surface area contributed by atoms with Gasteiger partial charge in [-0.1, -0.05) is 135 Å². The summed E-state index contributed by atoms with van der Waals surface area (Å²) in [6.45, 7) is 4.72. The van der Waals surface area contributed by atoms with Crippen molar-refractivity contribution in [1.82, 2.24) is 9.97 Å². The molecule has 1 aliphatic carbocycles. The molecule has 0 atom stereocenters. The van der Waals surface area contributed by atoms with Crippen LogP contribution >= 0.6 is 0 Å². The number of aromatic nitrogens is 2. The van der Waals surface area contributed by atoms with Gasteiger partial charge in [0.1, 0.15) is 11.2 Å². The standard InChI is InChI=1S/C51H34N2O/c1-51(2)44-29-34(20-22-39(44)42-26-32-14-6-7-15-33(32)28-45(42)51)36-23-24-40(38-17-9-8-16-37(36)38)47-30-46(52-50(53-47)31-12-4-3-5-13-31)35-21-25-49-43(27-35)41-18-10-11-19-48(41)54-49/h3-30H,1-2H3. The van der Waals surface area contributed by atoms with E-state index in [-0.39, 0.29) is 5.41 Å². The maximum atomic E-state index is 6.16. The van der Waals surface area contributed by atoms with Crippen LogP contribution in [0.4, 0.5) is 0 Å². The van der Waals surface area contributed by atoms with Gasteiger partial charge in [-0.2, -0.15) is 0 Å². The summed E-state index contributed by atoms with van der Waals surface area (Å²) in [5.74, 6) is 0.696. The molecule has 0 spiro atoms. The summed E-state index contributed by atoms with van der Waals surface area (Å²) < 4.78 is 6.16. The third-order valence-corrected chi connectivity index (χ3v) is 11.5. The highest BCUT2D eigenvalue weighted by Gasteiger charge is 2.36. The van der Waals surface area contributed by atoms with Crippen LogP contribution < -0.4 is 0 Å². The van der Waals surface area contributed by atoms with Crippen molar-refractivity contribution in [1.29, 1.82) is 0 Å². The van der Waals surface area contributed by atoms with Gasteiger partial charge < -0.3 is 4.42 Å². The molecular formula is C51H34N2O. The molecule has 8 aromatic carbocycles. The summed E-state index contributed by atoms with van der Waals surface area (Å²) in [4.78, 5) is 10.4. The van der Waals surface area contributed by atoms with E-state index in [4.69, 9.17) is 14.4 Å². The Hall–Kier alpha value is -6.84. The van der Waals surface area contributed by atoms with E-state index in [1.807, 2.05) is 30.3 Å². The van der Waals surface area contributed by atoms with Gasteiger partial charge in [-0.15, -0.1) is 0 Å². The molecule has 0 saturated heterocycles. The molecule has 0 fully saturated rings. The number of hydrogen-bond acceptors (Lipinski definition) is 3. The lowest BCUT2D eigenvalue weighted by Crippen LogP contribution is -2.15. The first-order chi connectivity index (χ1) is 26.5. The second-order valence-electron chi connectivity index (χ2n) is 15.0. The Morgan fingerprint density at radius 3 is 1.83 bits per heavy atom. The zero-order chi connectivity index (χ0) is 36.0. The van der Waals surface area contributed by atoms with E-state index < -0.39 is 0 Å². The first-order valence-corrected chi connectivity index (χ1v) is 18.6. The minimum atomic E-state index is -0.114. The molecule has 3 heteroatoms. The molecule has 0 amide bonds. The van der Waals surface area contributed by atoms with Gasteiger partial charge in [0.15, 0.2) is 5.82 Å². The zero-order valence-electron chi connectivity index (χ0n) is 30.0. The zero-order valence-corrected chi connectivity index (χ0v) is 30.0. The van der Waals surface area contributed by atoms with Crippen LogP contribution in [0, 0.1) is 0 Å². The molecule has 2 aromatic heterocycles. The van der Waals surface area contributed by atoms with Gasteiger partial charge in [0, 0.05) is 32.9 Å². The third kappa shape index (κ3) is 4.68. The second kappa shape index (κ2) is 11.6. The average Bonchev–Trinajstić information content (AvgIpc) is 3.70. The number of rotatable bonds is 4. The van der Waals surface area contributed by atoms with Crippen molar-refractivity contribution in [3.63, 3.8) is 0 Å². The summed E-state index contributed by atoms with van der Waals surface area (Å²) in [5.41, 5.74) is 14.3. The summed E-state index contributed by atoms with van der Waals surface area (Å²) in [5, 5.41) is 7.10. The lowest BCUT2D eigenvalue weighted by atomic mass is 9.81. The number of nitrogens with zero attached hydrogens (tertiary/aromatic N) is 2. The molecule has 0 N–H and O–H groups in total. The van der Waals surface area contributed by atoms with Crippen molar-refractivity contribution >= 4 is 43.5 Å². The summed E-state index contributed by atoms with van der Waals surface area (Å²) in [6, 6.07) is 60.7. The Kier molecular flexibility index (Phi) is 6.60. The molecule has 254 valence electrons. The summed E-state index contributed by atoms with van der Waals surface area (Å²) >= 11 is 0. The van der Waals surface area contributed by atoms with Gasteiger partial charge in [0.05, 0.1) is 11.4 Å². The largest absolute Gasteiger partial charge is 0.456 e. The SMILES string of the molecule is CC1(C)c2cc(-c3ccc(-c4cc(-c5ccc6oc7ccccc7c6c5)nc(-c5ccccc5)n4)c4ccccc34)ccc2-c2cc3ccccc3cc21. The quantitative estimate of drug-likeness (QED) is 0.184. The fourth-order valence-electron chi connectivity index (χ4n) is 8.70. The van der Waals surface area contributed by atoms with Crippen LogP contribution in [-0.4, -0.2) is 9.97 Å². The smallest absolute Gasteiger partial charge is 0.160 e. The molecule has 0 radical (unpaired) electrons. The van der Waals surface area contributed by atoms with E-state index in [0.29, 0.717) is 5.82 Å². The normalized spacial score (nSPS) is 13.1. The van der Waals surface area contributed by atoms with E-state index in [1.54, 1.807) is 0 Å². The Morgan fingerprint density at radius 1 is 0.389 bits per heavy atom. The fourth-order valence-corrected chi connectivity index (χ4v) is 8.70. The molecular weight excluding hydrogens is 657 g/mol. The van der Waals surface area contributed by atoms with Gasteiger partial charge in [0.2, 0.25) is 0 Å². The van der Waals surface area contributed by atoms with Gasteiger partial charge in [-0.3, -0.25) is 0 Å². The molecule has 10 aromatic rings. The van der Waals surface area contributed by atoms with Crippen LogP contribution in [0.15, 0.2) is 174 Å². The molecule has 0 unspecified atom stereocenters. The number of hydrogen-bond donors (Lipinski definition) is 0. The lowest BCUT2D eigenvalue weighted by molar-refractivity contribution is 0.661. The number of benzene rings is 8. The number of fused-ring (bicyclic) bond motifs is 8. The maximum absolute atomic E-state index is 6.16. The minimum absolute atomic E-state index is 0.114.